The first-order valence-electron chi connectivity index (χ1n) is 12.5. The minimum Gasteiger partial charge on any atom is -0.497 e. The molecule has 2 aliphatic rings. The molecule has 0 saturated carbocycles. The first kappa shape index (κ1) is 24.5. The lowest BCUT2D eigenvalue weighted by Gasteiger charge is -2.50. The number of carbonyl (C=O) groups excluding carboxylic acids is 2. The van der Waals surface area contributed by atoms with Gasteiger partial charge in [0.15, 0.2) is 17.2 Å². The molecule has 0 aliphatic carbocycles. The molecule has 2 aliphatic heterocycles. The van der Waals surface area contributed by atoms with Crippen molar-refractivity contribution in [2.45, 2.75) is 38.5 Å². The number of benzene rings is 3. The van der Waals surface area contributed by atoms with Crippen molar-refractivity contribution in [3.63, 3.8) is 0 Å². The molecule has 2 N–H and O–H groups in total. The summed E-state index contributed by atoms with van der Waals surface area (Å²) in [5.41, 5.74) is 2.07. The summed E-state index contributed by atoms with van der Waals surface area (Å²) >= 11 is 0. The summed E-state index contributed by atoms with van der Waals surface area (Å²) in [6.45, 7) is 4.80. The van der Waals surface area contributed by atoms with Gasteiger partial charge in [0.2, 0.25) is 0 Å². The van der Waals surface area contributed by atoms with Crippen molar-refractivity contribution in [2.75, 3.05) is 25.2 Å². The van der Waals surface area contributed by atoms with Gasteiger partial charge >= 0.3 is 6.03 Å². The van der Waals surface area contributed by atoms with E-state index in [4.69, 9.17) is 14.2 Å². The van der Waals surface area contributed by atoms with E-state index < -0.39 is 5.72 Å². The maximum Gasteiger partial charge on any atom is 0.325 e. The zero-order valence-corrected chi connectivity index (χ0v) is 21.2. The van der Waals surface area contributed by atoms with Crippen LogP contribution >= 0.6 is 0 Å². The lowest BCUT2D eigenvalue weighted by atomic mass is 9.89. The van der Waals surface area contributed by atoms with Gasteiger partial charge in [-0.25, -0.2) is 4.79 Å². The molecular formula is C29H31N3O5. The van der Waals surface area contributed by atoms with Crippen LogP contribution in [0.4, 0.5) is 10.5 Å². The highest BCUT2D eigenvalue weighted by atomic mass is 16.5. The minimum atomic E-state index is -0.950. The average molecular weight is 502 g/mol. The predicted octanol–water partition coefficient (Wildman–Crippen LogP) is 4.84. The number of carbonyl (C=O) groups is 2. The minimum absolute atomic E-state index is 0.194. The van der Waals surface area contributed by atoms with E-state index in [9.17, 15) is 9.59 Å². The molecule has 0 aromatic heterocycles. The van der Waals surface area contributed by atoms with Crippen LogP contribution in [-0.2, 0) is 6.42 Å². The highest BCUT2D eigenvalue weighted by Crippen LogP contribution is 2.49. The third-order valence-corrected chi connectivity index (χ3v) is 6.76. The number of ether oxygens (including phenoxy) is 3. The van der Waals surface area contributed by atoms with E-state index in [1.165, 1.54) is 0 Å². The van der Waals surface area contributed by atoms with Crippen LogP contribution in [0.5, 0.6) is 17.2 Å². The third-order valence-electron chi connectivity index (χ3n) is 6.76. The Bertz CT molecular complexity index is 1330. The molecule has 8 heteroatoms. The summed E-state index contributed by atoms with van der Waals surface area (Å²) in [6.07, 6.45) is 1.23. The molecule has 192 valence electrons. The molecule has 2 bridgehead atoms. The molecule has 0 spiro atoms. The summed E-state index contributed by atoms with van der Waals surface area (Å²) in [5.74, 6) is 1.86. The number of nitrogens with zero attached hydrogens (tertiary/aromatic N) is 1. The molecule has 3 amide bonds. The molecule has 1 fully saturated rings. The smallest absolute Gasteiger partial charge is 0.325 e. The molecule has 1 saturated heterocycles. The van der Waals surface area contributed by atoms with E-state index in [1.54, 1.807) is 30.2 Å². The van der Waals surface area contributed by atoms with Crippen LogP contribution in [0, 0.1) is 0 Å². The molecule has 1 unspecified atom stereocenters. The van der Waals surface area contributed by atoms with Crippen LogP contribution in [0.3, 0.4) is 0 Å². The number of hydrogen-bond donors (Lipinski definition) is 2. The van der Waals surface area contributed by atoms with Crippen LogP contribution in [0.15, 0.2) is 66.7 Å². The molecule has 0 radical (unpaired) electrons. The second kappa shape index (κ2) is 10.0. The molecule has 3 aromatic rings. The van der Waals surface area contributed by atoms with Crippen LogP contribution in [0.1, 0.15) is 47.8 Å². The Kier molecular flexibility index (Phi) is 6.65. The maximum atomic E-state index is 13.3. The van der Waals surface area contributed by atoms with E-state index in [1.807, 2.05) is 62.4 Å². The molecule has 2 heterocycles. The van der Waals surface area contributed by atoms with Crippen molar-refractivity contribution in [1.29, 1.82) is 0 Å². The van der Waals surface area contributed by atoms with Crippen molar-refractivity contribution >= 4 is 17.6 Å². The third kappa shape index (κ3) is 4.79. The lowest BCUT2D eigenvalue weighted by Crippen LogP contribution is -2.65. The fourth-order valence-electron chi connectivity index (χ4n) is 5.06. The number of amides is 3. The van der Waals surface area contributed by atoms with Gasteiger partial charge < -0.3 is 24.8 Å². The van der Waals surface area contributed by atoms with Crippen molar-refractivity contribution < 1.29 is 23.8 Å². The number of anilines is 1. The molecule has 3 aromatic carbocycles. The Labute approximate surface area is 216 Å². The summed E-state index contributed by atoms with van der Waals surface area (Å²) in [7, 11) is 1.63. The number of fused-ring (bicyclic) bond motifs is 4. The normalized spacial score (nSPS) is 19.8. The van der Waals surface area contributed by atoms with Crippen LogP contribution in [-0.4, -0.2) is 37.9 Å². The number of rotatable bonds is 8. The molecular weight excluding hydrogens is 470 g/mol. The Hall–Kier alpha value is -4.20. The van der Waals surface area contributed by atoms with E-state index >= 15 is 0 Å². The molecule has 8 nitrogen and oxygen atoms in total. The highest BCUT2D eigenvalue weighted by Gasteiger charge is 2.50. The molecule has 37 heavy (non-hydrogen) atoms. The van der Waals surface area contributed by atoms with Crippen molar-refractivity contribution in [1.82, 2.24) is 10.6 Å². The van der Waals surface area contributed by atoms with Crippen molar-refractivity contribution in [3.05, 3.63) is 83.4 Å². The largest absolute Gasteiger partial charge is 0.497 e. The highest BCUT2D eigenvalue weighted by molar-refractivity contribution is 5.99. The van der Waals surface area contributed by atoms with Gasteiger partial charge in [-0.05, 0) is 62.2 Å². The lowest BCUT2D eigenvalue weighted by molar-refractivity contribution is 0.0343. The quantitative estimate of drug-likeness (QED) is 0.461. The number of nitrogens with one attached hydrogen (secondary N) is 2. The first-order valence-corrected chi connectivity index (χ1v) is 12.5. The molecule has 5 rings (SSSR count). The predicted molar refractivity (Wildman–Crippen MR) is 140 cm³/mol. The van der Waals surface area contributed by atoms with Crippen LogP contribution < -0.4 is 29.7 Å². The fourth-order valence-corrected chi connectivity index (χ4v) is 5.06. The summed E-state index contributed by atoms with van der Waals surface area (Å²) in [4.78, 5) is 27.8. The zero-order chi connectivity index (χ0) is 26.0. The van der Waals surface area contributed by atoms with Crippen molar-refractivity contribution in [2.24, 2.45) is 0 Å². The van der Waals surface area contributed by atoms with Gasteiger partial charge in [-0.2, -0.15) is 0 Å². The van der Waals surface area contributed by atoms with Gasteiger partial charge in [-0.15, -0.1) is 0 Å². The Morgan fingerprint density at radius 3 is 2.78 bits per heavy atom. The fraction of sp³-hybridized carbons (Fsp3) is 0.310. The van der Waals surface area contributed by atoms with Crippen LogP contribution in [0.2, 0.25) is 0 Å². The van der Waals surface area contributed by atoms with Gasteiger partial charge in [0.1, 0.15) is 5.75 Å². The summed E-state index contributed by atoms with van der Waals surface area (Å²) in [6, 6.07) is 20.1. The van der Waals surface area contributed by atoms with Gasteiger partial charge in [0.05, 0.1) is 25.4 Å². The monoisotopic (exact) mass is 501 g/mol. The van der Waals surface area contributed by atoms with E-state index in [0.29, 0.717) is 48.7 Å². The van der Waals surface area contributed by atoms with Gasteiger partial charge in [-0.3, -0.25) is 9.69 Å². The zero-order valence-electron chi connectivity index (χ0n) is 21.2. The SMILES string of the molecule is CCOc1cccc2c1O[C@]1(C)CC2NC(=O)N1c1cccc(C(=O)NCCc2cccc(OC)c2)c1. The van der Waals surface area contributed by atoms with Crippen LogP contribution in [0.25, 0.3) is 0 Å². The Morgan fingerprint density at radius 2 is 1.97 bits per heavy atom. The number of methoxy groups -OCH3 is 1. The Balaban J connectivity index is 1.34. The van der Waals surface area contributed by atoms with Gasteiger partial charge in [0, 0.05) is 24.1 Å². The van der Waals surface area contributed by atoms with Gasteiger partial charge in [0.25, 0.3) is 5.91 Å². The summed E-state index contributed by atoms with van der Waals surface area (Å²) < 4.78 is 17.5. The maximum absolute atomic E-state index is 13.3. The number of urea groups is 1. The van der Waals surface area contributed by atoms with E-state index in [2.05, 4.69) is 10.6 Å². The second-order valence-electron chi connectivity index (χ2n) is 9.33. The number of para-hydroxylation sites is 1. The number of hydrogen-bond acceptors (Lipinski definition) is 5. The molecule has 2 atom stereocenters. The average Bonchev–Trinajstić information content (AvgIpc) is 2.89. The second-order valence-corrected chi connectivity index (χ2v) is 9.33. The standard InChI is InChI=1S/C29H31N3O5/c1-4-36-25-13-7-12-23-24-18-29(2,37-26(23)25)32(28(34)31-24)21-10-6-9-20(17-21)27(33)30-15-14-19-8-5-11-22(16-19)35-3/h5-13,16-17,24H,4,14-15,18H2,1-3H3,(H,30,33)(H,31,34)/t24?,29-/m1/s1. The summed E-state index contributed by atoms with van der Waals surface area (Å²) in [5, 5.41) is 6.07. The topological polar surface area (TPSA) is 89.1 Å². The first-order chi connectivity index (χ1) is 17.9. The Morgan fingerprint density at radius 1 is 1.16 bits per heavy atom. The van der Waals surface area contributed by atoms with Gasteiger partial charge in [-0.1, -0.05) is 30.3 Å². The van der Waals surface area contributed by atoms with E-state index in [0.717, 1.165) is 16.9 Å². The van der Waals surface area contributed by atoms with E-state index in [-0.39, 0.29) is 18.0 Å². The van der Waals surface area contributed by atoms with Crippen molar-refractivity contribution in [3.8, 4) is 17.2 Å².